The van der Waals surface area contributed by atoms with E-state index in [-0.39, 0.29) is 11.4 Å². The van der Waals surface area contributed by atoms with Crippen molar-refractivity contribution in [3.63, 3.8) is 0 Å². The number of methoxy groups -OCH3 is 1. The molecule has 8 nitrogen and oxygen atoms in total. The third-order valence-electron chi connectivity index (χ3n) is 2.21. The number of aryl methyl sites for hydroxylation is 1. The Labute approximate surface area is 102 Å². The van der Waals surface area contributed by atoms with E-state index >= 15 is 0 Å². The maximum atomic E-state index is 11.4. The summed E-state index contributed by atoms with van der Waals surface area (Å²) < 4.78 is 5.74. The lowest BCUT2D eigenvalue weighted by atomic mass is 10.4. The molecule has 0 fully saturated rings. The molecule has 0 aliphatic rings. The third kappa shape index (κ3) is 2.26. The molecular weight excluding hydrogens is 238 g/mol. The van der Waals surface area contributed by atoms with Gasteiger partial charge in [0.05, 0.1) is 7.11 Å². The molecule has 0 bridgehead atoms. The summed E-state index contributed by atoms with van der Waals surface area (Å²) in [6.45, 7) is 1.86. The van der Waals surface area contributed by atoms with Gasteiger partial charge in [0.2, 0.25) is 0 Å². The van der Waals surface area contributed by atoms with E-state index in [1.807, 2.05) is 6.92 Å². The number of hydrogen-bond acceptors (Lipinski definition) is 6. The smallest absolute Gasteiger partial charge is 0.377 e. The fourth-order valence-electron chi connectivity index (χ4n) is 1.34. The van der Waals surface area contributed by atoms with E-state index in [1.54, 1.807) is 0 Å². The van der Waals surface area contributed by atoms with Crippen molar-refractivity contribution < 1.29 is 9.53 Å². The molecule has 94 valence electrons. The van der Waals surface area contributed by atoms with Crippen molar-refractivity contribution in [2.45, 2.75) is 13.3 Å². The van der Waals surface area contributed by atoms with Crippen LogP contribution in [0.4, 0.5) is 0 Å². The van der Waals surface area contributed by atoms with E-state index in [9.17, 15) is 9.59 Å². The maximum absolute atomic E-state index is 11.4. The summed E-state index contributed by atoms with van der Waals surface area (Å²) in [6, 6.07) is 1.27. The standard InChI is InChI=1S/C10H11N5O3/c1-3-6-12-7(4-8(16)13-6)15-5-11-9(14-15)10(17)18-2/h4-5H,3H2,1-2H3,(H,12,13,16). The number of aromatic nitrogens is 5. The van der Waals surface area contributed by atoms with Crippen LogP contribution in [-0.4, -0.2) is 37.8 Å². The zero-order chi connectivity index (χ0) is 13.1. The Morgan fingerprint density at radius 1 is 1.56 bits per heavy atom. The van der Waals surface area contributed by atoms with Crippen LogP contribution in [0, 0.1) is 0 Å². The van der Waals surface area contributed by atoms with Gasteiger partial charge in [-0.15, -0.1) is 5.10 Å². The first-order valence-electron chi connectivity index (χ1n) is 5.24. The minimum Gasteiger partial charge on any atom is -0.463 e. The molecule has 2 heterocycles. The molecule has 18 heavy (non-hydrogen) atoms. The van der Waals surface area contributed by atoms with Crippen LogP contribution in [0.25, 0.3) is 5.82 Å². The van der Waals surface area contributed by atoms with Crippen LogP contribution in [0.1, 0.15) is 23.4 Å². The average Bonchev–Trinajstić information content (AvgIpc) is 2.86. The second-order valence-corrected chi connectivity index (χ2v) is 3.41. The third-order valence-corrected chi connectivity index (χ3v) is 2.21. The van der Waals surface area contributed by atoms with Gasteiger partial charge < -0.3 is 9.72 Å². The molecule has 2 aromatic rings. The highest BCUT2D eigenvalue weighted by molar-refractivity contribution is 5.84. The molecule has 0 radical (unpaired) electrons. The highest BCUT2D eigenvalue weighted by Gasteiger charge is 2.13. The Hall–Kier alpha value is -2.51. The van der Waals surface area contributed by atoms with E-state index in [1.165, 1.54) is 24.2 Å². The molecule has 0 aromatic carbocycles. The lowest BCUT2D eigenvalue weighted by Crippen LogP contribution is -2.14. The summed E-state index contributed by atoms with van der Waals surface area (Å²) in [7, 11) is 1.24. The maximum Gasteiger partial charge on any atom is 0.377 e. The van der Waals surface area contributed by atoms with E-state index in [0.29, 0.717) is 18.1 Å². The highest BCUT2D eigenvalue weighted by atomic mass is 16.5. The number of carbonyl (C=O) groups is 1. The minimum atomic E-state index is -0.644. The molecule has 2 rings (SSSR count). The molecular formula is C10H11N5O3. The van der Waals surface area contributed by atoms with Gasteiger partial charge in [0.15, 0.2) is 5.82 Å². The molecule has 0 amide bonds. The summed E-state index contributed by atoms with van der Waals surface area (Å²) in [4.78, 5) is 33.1. The Bertz CT molecular complexity index is 630. The number of nitrogens with one attached hydrogen (secondary N) is 1. The molecule has 2 aromatic heterocycles. The van der Waals surface area contributed by atoms with Crippen molar-refractivity contribution >= 4 is 5.97 Å². The van der Waals surface area contributed by atoms with Gasteiger partial charge in [-0.3, -0.25) is 4.79 Å². The average molecular weight is 249 g/mol. The Balaban J connectivity index is 2.42. The topological polar surface area (TPSA) is 103 Å². The van der Waals surface area contributed by atoms with Gasteiger partial charge in [-0.25, -0.2) is 19.4 Å². The van der Waals surface area contributed by atoms with Crippen molar-refractivity contribution in [2.75, 3.05) is 7.11 Å². The summed E-state index contributed by atoms with van der Waals surface area (Å²) >= 11 is 0. The second-order valence-electron chi connectivity index (χ2n) is 3.41. The Kier molecular flexibility index (Phi) is 3.18. The van der Waals surface area contributed by atoms with Gasteiger partial charge in [0.1, 0.15) is 12.2 Å². The quantitative estimate of drug-likeness (QED) is 0.749. The molecule has 0 aliphatic carbocycles. The molecule has 0 atom stereocenters. The highest BCUT2D eigenvalue weighted by Crippen LogP contribution is 2.01. The van der Waals surface area contributed by atoms with Crippen LogP contribution in [0.3, 0.4) is 0 Å². The first kappa shape index (κ1) is 12.0. The SMILES string of the molecule is CCc1nc(-n2cnc(C(=O)OC)n2)cc(=O)[nH]1. The van der Waals surface area contributed by atoms with Crippen LogP contribution in [0.2, 0.25) is 0 Å². The molecule has 0 saturated carbocycles. The fourth-order valence-corrected chi connectivity index (χ4v) is 1.34. The summed E-state index contributed by atoms with van der Waals surface area (Å²) in [5, 5.41) is 3.88. The summed E-state index contributed by atoms with van der Waals surface area (Å²) in [5.41, 5.74) is -0.285. The predicted molar refractivity (Wildman–Crippen MR) is 60.5 cm³/mol. The van der Waals surface area contributed by atoms with Crippen LogP contribution in [0.5, 0.6) is 0 Å². The lowest BCUT2D eigenvalue weighted by Gasteiger charge is -2.01. The van der Waals surface area contributed by atoms with Crippen molar-refractivity contribution in [2.24, 2.45) is 0 Å². The zero-order valence-corrected chi connectivity index (χ0v) is 9.88. The van der Waals surface area contributed by atoms with Crippen molar-refractivity contribution in [1.82, 2.24) is 24.7 Å². The normalized spacial score (nSPS) is 10.3. The van der Waals surface area contributed by atoms with Gasteiger partial charge in [-0.05, 0) is 0 Å². The number of nitrogens with zero attached hydrogens (tertiary/aromatic N) is 4. The summed E-state index contributed by atoms with van der Waals surface area (Å²) in [5.74, 6) is 0.109. The number of esters is 1. The van der Waals surface area contributed by atoms with Gasteiger partial charge in [-0.1, -0.05) is 6.92 Å². The molecule has 0 saturated heterocycles. The number of ether oxygens (including phenoxy) is 1. The molecule has 0 unspecified atom stereocenters. The number of hydrogen-bond donors (Lipinski definition) is 1. The van der Waals surface area contributed by atoms with Crippen LogP contribution >= 0.6 is 0 Å². The molecule has 1 N–H and O–H groups in total. The van der Waals surface area contributed by atoms with Gasteiger partial charge in [-0.2, -0.15) is 0 Å². The summed E-state index contributed by atoms with van der Waals surface area (Å²) in [6.07, 6.45) is 1.88. The Morgan fingerprint density at radius 2 is 2.33 bits per heavy atom. The largest absolute Gasteiger partial charge is 0.463 e. The first-order valence-corrected chi connectivity index (χ1v) is 5.24. The fraction of sp³-hybridized carbons (Fsp3) is 0.300. The second kappa shape index (κ2) is 4.78. The van der Waals surface area contributed by atoms with Gasteiger partial charge >= 0.3 is 5.97 Å². The van der Waals surface area contributed by atoms with E-state index < -0.39 is 5.97 Å². The number of carbonyl (C=O) groups excluding carboxylic acids is 1. The Morgan fingerprint density at radius 3 is 3.00 bits per heavy atom. The zero-order valence-electron chi connectivity index (χ0n) is 9.88. The number of aromatic amines is 1. The van der Waals surface area contributed by atoms with Crippen LogP contribution in [0.15, 0.2) is 17.2 Å². The van der Waals surface area contributed by atoms with Crippen LogP contribution in [-0.2, 0) is 11.2 Å². The van der Waals surface area contributed by atoms with Crippen molar-refractivity contribution in [1.29, 1.82) is 0 Å². The minimum absolute atomic E-state index is 0.0855. The van der Waals surface area contributed by atoms with Gasteiger partial charge in [0, 0.05) is 12.5 Å². The van der Waals surface area contributed by atoms with Crippen molar-refractivity contribution in [3.8, 4) is 5.82 Å². The monoisotopic (exact) mass is 249 g/mol. The number of rotatable bonds is 3. The molecule has 0 aliphatic heterocycles. The molecule has 8 heteroatoms. The van der Waals surface area contributed by atoms with E-state index in [4.69, 9.17) is 0 Å². The predicted octanol–water partition coefficient (Wildman–Crippen LogP) is -0.300. The van der Waals surface area contributed by atoms with Crippen LogP contribution < -0.4 is 5.56 Å². The van der Waals surface area contributed by atoms with Gasteiger partial charge in [0.25, 0.3) is 11.4 Å². The lowest BCUT2D eigenvalue weighted by molar-refractivity contribution is 0.0587. The molecule has 0 spiro atoms. The number of H-pyrrole nitrogens is 1. The van der Waals surface area contributed by atoms with E-state index in [2.05, 4.69) is 24.8 Å². The van der Waals surface area contributed by atoms with E-state index in [0.717, 1.165) is 0 Å². The first-order chi connectivity index (χ1) is 8.63. The van der Waals surface area contributed by atoms with Crippen molar-refractivity contribution in [3.05, 3.63) is 34.4 Å².